The molecule has 1 N–H and O–H groups in total. The van der Waals surface area contributed by atoms with Crippen LogP contribution >= 0.6 is 0 Å². The topological polar surface area (TPSA) is 37.3 Å². The Morgan fingerprint density at radius 2 is 2.13 bits per heavy atom. The fourth-order valence-electron chi connectivity index (χ4n) is 1.03. The minimum Gasteiger partial charge on any atom is -0.479 e. The van der Waals surface area contributed by atoms with Crippen LogP contribution in [0, 0.1) is 5.82 Å². The SMILES string of the molecule is O=C(O)C(F)C/C=C/c1ccccc1F. The summed E-state index contributed by atoms with van der Waals surface area (Å²) >= 11 is 0. The van der Waals surface area contributed by atoms with Crippen LogP contribution in [0.25, 0.3) is 6.08 Å². The first-order valence-electron chi connectivity index (χ1n) is 4.39. The van der Waals surface area contributed by atoms with Crippen LogP contribution in [-0.4, -0.2) is 17.2 Å². The van der Waals surface area contributed by atoms with E-state index in [4.69, 9.17) is 5.11 Å². The minimum absolute atomic E-state index is 0.260. The lowest BCUT2D eigenvalue weighted by atomic mass is 10.1. The maximum Gasteiger partial charge on any atom is 0.338 e. The summed E-state index contributed by atoms with van der Waals surface area (Å²) in [6.45, 7) is 0. The van der Waals surface area contributed by atoms with Crippen molar-refractivity contribution in [3.8, 4) is 0 Å². The van der Waals surface area contributed by atoms with Gasteiger partial charge in [-0.25, -0.2) is 13.6 Å². The summed E-state index contributed by atoms with van der Waals surface area (Å²) in [4.78, 5) is 10.1. The van der Waals surface area contributed by atoms with Gasteiger partial charge in [0.2, 0.25) is 6.17 Å². The first kappa shape index (κ1) is 11.4. The molecule has 0 amide bonds. The Balaban J connectivity index is 2.59. The van der Waals surface area contributed by atoms with Gasteiger partial charge in [-0.15, -0.1) is 0 Å². The van der Waals surface area contributed by atoms with Crippen LogP contribution in [0.4, 0.5) is 8.78 Å². The largest absolute Gasteiger partial charge is 0.479 e. The highest BCUT2D eigenvalue weighted by atomic mass is 19.1. The van der Waals surface area contributed by atoms with Crippen LogP contribution in [0.2, 0.25) is 0 Å². The number of allylic oxidation sites excluding steroid dienone is 1. The number of hydrogen-bond acceptors (Lipinski definition) is 1. The fraction of sp³-hybridized carbons (Fsp3) is 0.182. The van der Waals surface area contributed by atoms with Crippen LogP contribution in [0.3, 0.4) is 0 Å². The summed E-state index contributed by atoms with van der Waals surface area (Å²) in [6, 6.07) is 6.00. The number of rotatable bonds is 4. The van der Waals surface area contributed by atoms with Gasteiger partial charge < -0.3 is 5.11 Å². The zero-order chi connectivity index (χ0) is 11.3. The lowest BCUT2D eigenvalue weighted by molar-refractivity contribution is -0.142. The number of alkyl halides is 1. The van der Waals surface area contributed by atoms with Gasteiger partial charge in [-0.1, -0.05) is 30.4 Å². The normalized spacial score (nSPS) is 12.9. The highest BCUT2D eigenvalue weighted by Gasteiger charge is 2.12. The molecule has 1 aromatic rings. The molecule has 0 fully saturated rings. The predicted molar refractivity (Wildman–Crippen MR) is 52.6 cm³/mol. The summed E-state index contributed by atoms with van der Waals surface area (Å²) in [5.74, 6) is -1.92. The molecule has 1 atom stereocenters. The standard InChI is InChI=1S/C11H10F2O2/c12-9-6-2-1-4-8(9)5-3-7-10(13)11(14)15/h1-6,10H,7H2,(H,14,15)/b5-3+. The first-order valence-corrected chi connectivity index (χ1v) is 4.39. The molecular formula is C11H10F2O2. The molecule has 0 aliphatic rings. The van der Waals surface area contributed by atoms with Crippen molar-refractivity contribution in [3.05, 3.63) is 41.7 Å². The van der Waals surface area contributed by atoms with Gasteiger partial charge >= 0.3 is 5.97 Å². The molecule has 1 aromatic carbocycles. The third kappa shape index (κ3) is 3.50. The molecule has 0 spiro atoms. The zero-order valence-corrected chi connectivity index (χ0v) is 7.86. The lowest BCUT2D eigenvalue weighted by Crippen LogP contribution is -2.12. The average Bonchev–Trinajstić information content (AvgIpc) is 2.20. The van der Waals surface area contributed by atoms with Crippen LogP contribution in [0.15, 0.2) is 30.3 Å². The molecule has 0 aliphatic carbocycles. The third-order valence-electron chi connectivity index (χ3n) is 1.81. The molecule has 0 radical (unpaired) electrons. The highest BCUT2D eigenvalue weighted by Crippen LogP contribution is 2.09. The molecule has 1 unspecified atom stereocenters. The van der Waals surface area contributed by atoms with Gasteiger partial charge in [0.25, 0.3) is 0 Å². The Kier molecular flexibility index (Phi) is 3.97. The van der Waals surface area contributed by atoms with Gasteiger partial charge in [0.05, 0.1) is 0 Å². The number of hydrogen-bond donors (Lipinski definition) is 1. The van der Waals surface area contributed by atoms with Crippen molar-refractivity contribution in [3.63, 3.8) is 0 Å². The number of carboxylic acids is 1. The Morgan fingerprint density at radius 3 is 2.73 bits per heavy atom. The summed E-state index contributed by atoms with van der Waals surface area (Å²) in [5.41, 5.74) is 0.315. The summed E-state index contributed by atoms with van der Waals surface area (Å²) in [5, 5.41) is 8.25. The number of halogens is 2. The average molecular weight is 212 g/mol. The third-order valence-corrected chi connectivity index (χ3v) is 1.81. The number of aliphatic carboxylic acids is 1. The Morgan fingerprint density at radius 1 is 1.47 bits per heavy atom. The maximum absolute atomic E-state index is 13.0. The molecule has 0 aliphatic heterocycles. The first-order chi connectivity index (χ1) is 7.11. The van der Waals surface area contributed by atoms with Crippen LogP contribution < -0.4 is 0 Å². The number of carboxylic acid groups (broad SMARTS) is 1. The van der Waals surface area contributed by atoms with E-state index >= 15 is 0 Å². The lowest BCUT2D eigenvalue weighted by Gasteiger charge is -1.97. The van der Waals surface area contributed by atoms with Gasteiger partial charge in [0.15, 0.2) is 0 Å². The van der Waals surface area contributed by atoms with Gasteiger partial charge in [0, 0.05) is 12.0 Å². The van der Waals surface area contributed by atoms with Gasteiger partial charge in [0.1, 0.15) is 5.82 Å². The molecule has 15 heavy (non-hydrogen) atoms. The Labute approximate surface area is 85.9 Å². The second-order valence-corrected chi connectivity index (χ2v) is 2.97. The van der Waals surface area contributed by atoms with E-state index in [-0.39, 0.29) is 6.42 Å². The summed E-state index contributed by atoms with van der Waals surface area (Å²) in [6.07, 6.45) is 0.471. The molecule has 0 bridgehead atoms. The van der Waals surface area contributed by atoms with E-state index in [9.17, 15) is 13.6 Å². The van der Waals surface area contributed by atoms with Crippen LogP contribution in [0.5, 0.6) is 0 Å². The van der Waals surface area contributed by atoms with Crippen molar-refractivity contribution in [2.24, 2.45) is 0 Å². The van der Waals surface area contributed by atoms with E-state index in [1.54, 1.807) is 12.1 Å². The molecule has 80 valence electrons. The molecule has 0 heterocycles. The van der Waals surface area contributed by atoms with Crippen molar-refractivity contribution < 1.29 is 18.7 Å². The molecular weight excluding hydrogens is 202 g/mol. The monoisotopic (exact) mass is 212 g/mol. The summed E-state index contributed by atoms with van der Waals surface area (Å²) < 4.78 is 25.6. The van der Waals surface area contributed by atoms with Crippen LogP contribution in [-0.2, 0) is 4.79 Å². The highest BCUT2D eigenvalue weighted by molar-refractivity contribution is 5.72. The summed E-state index contributed by atoms with van der Waals surface area (Å²) in [7, 11) is 0. The second kappa shape index (κ2) is 5.24. The molecule has 2 nitrogen and oxygen atoms in total. The molecule has 0 saturated carbocycles. The molecule has 1 rings (SSSR count). The fourth-order valence-corrected chi connectivity index (χ4v) is 1.03. The van der Waals surface area contributed by atoms with E-state index < -0.39 is 18.0 Å². The molecule has 4 heteroatoms. The molecule has 0 saturated heterocycles. The van der Waals surface area contributed by atoms with Crippen molar-refractivity contribution >= 4 is 12.0 Å². The van der Waals surface area contributed by atoms with Gasteiger partial charge in [-0.2, -0.15) is 0 Å². The smallest absolute Gasteiger partial charge is 0.338 e. The van der Waals surface area contributed by atoms with E-state index in [1.807, 2.05) is 0 Å². The van der Waals surface area contributed by atoms with Crippen molar-refractivity contribution in [1.29, 1.82) is 0 Å². The van der Waals surface area contributed by atoms with Crippen molar-refractivity contribution in [2.45, 2.75) is 12.6 Å². The Bertz CT molecular complexity index is 375. The van der Waals surface area contributed by atoms with E-state index in [0.29, 0.717) is 5.56 Å². The zero-order valence-electron chi connectivity index (χ0n) is 7.86. The van der Waals surface area contributed by atoms with Gasteiger partial charge in [-0.05, 0) is 6.07 Å². The van der Waals surface area contributed by atoms with E-state index in [0.717, 1.165) is 0 Å². The maximum atomic E-state index is 13.0. The second-order valence-electron chi connectivity index (χ2n) is 2.97. The van der Waals surface area contributed by atoms with E-state index in [1.165, 1.54) is 24.3 Å². The minimum atomic E-state index is -1.94. The van der Waals surface area contributed by atoms with Crippen molar-refractivity contribution in [1.82, 2.24) is 0 Å². The number of carbonyl (C=O) groups is 1. The predicted octanol–water partition coefficient (Wildman–Crippen LogP) is 2.65. The van der Waals surface area contributed by atoms with Gasteiger partial charge in [-0.3, -0.25) is 0 Å². The van der Waals surface area contributed by atoms with Crippen LogP contribution in [0.1, 0.15) is 12.0 Å². The quantitative estimate of drug-likeness (QED) is 0.833. The number of benzene rings is 1. The van der Waals surface area contributed by atoms with Crippen molar-refractivity contribution in [2.75, 3.05) is 0 Å². The molecule has 0 aromatic heterocycles. The Hall–Kier alpha value is -1.71. The van der Waals surface area contributed by atoms with E-state index in [2.05, 4.69) is 0 Å².